The summed E-state index contributed by atoms with van der Waals surface area (Å²) in [6, 6.07) is 16.7. The molecule has 1 atom stereocenters. The second-order valence-electron chi connectivity index (χ2n) is 10.3. The van der Waals surface area contributed by atoms with Gasteiger partial charge in [0, 0.05) is 41.8 Å². The predicted octanol–water partition coefficient (Wildman–Crippen LogP) is 6.30. The van der Waals surface area contributed by atoms with Crippen LogP contribution >= 0.6 is 11.6 Å². The second kappa shape index (κ2) is 9.50. The van der Waals surface area contributed by atoms with Crippen molar-refractivity contribution in [2.24, 2.45) is 0 Å². The molecule has 1 unspecified atom stereocenters. The predicted molar refractivity (Wildman–Crippen MR) is 139 cm³/mol. The van der Waals surface area contributed by atoms with Crippen molar-refractivity contribution in [1.29, 1.82) is 0 Å². The van der Waals surface area contributed by atoms with Gasteiger partial charge in [0.05, 0.1) is 5.69 Å². The van der Waals surface area contributed by atoms with Crippen LogP contribution in [0, 0.1) is 0 Å². The van der Waals surface area contributed by atoms with E-state index >= 15 is 0 Å². The number of hydrogen-bond donors (Lipinski definition) is 1. The number of likely N-dealkylation sites (tertiary alicyclic amines) is 1. The second-order valence-corrected chi connectivity index (χ2v) is 10.7. The zero-order valence-electron chi connectivity index (χ0n) is 20.4. The summed E-state index contributed by atoms with van der Waals surface area (Å²) in [5.41, 5.74) is 5.12. The number of rotatable bonds is 3. The number of piperidine rings is 1. The summed E-state index contributed by atoms with van der Waals surface area (Å²) < 4.78 is 5.51. The van der Waals surface area contributed by atoms with Crippen LogP contribution in [-0.2, 0) is 11.2 Å². The maximum absolute atomic E-state index is 12.4. The molecule has 1 fully saturated rings. The lowest BCUT2D eigenvalue weighted by Crippen LogP contribution is -2.44. The first-order valence-electron chi connectivity index (χ1n) is 12.2. The van der Waals surface area contributed by atoms with E-state index in [-0.39, 0.29) is 18.1 Å². The topological polar surface area (TPSA) is 67.3 Å². The first-order valence-corrected chi connectivity index (χ1v) is 12.6. The summed E-state index contributed by atoms with van der Waals surface area (Å²) in [5, 5.41) is 4.28. The Morgan fingerprint density at radius 3 is 2.46 bits per heavy atom. The minimum Gasteiger partial charge on any atom is -0.444 e. The van der Waals surface area contributed by atoms with Crippen LogP contribution in [0.5, 0.6) is 0 Å². The van der Waals surface area contributed by atoms with E-state index < -0.39 is 5.60 Å². The first-order chi connectivity index (χ1) is 16.8. The van der Waals surface area contributed by atoms with Gasteiger partial charge in [0.15, 0.2) is 0 Å². The molecule has 6 nitrogen and oxygen atoms in total. The van der Waals surface area contributed by atoms with Crippen LogP contribution in [0.4, 0.5) is 10.7 Å². The molecule has 1 amide bonds. The van der Waals surface area contributed by atoms with Crippen LogP contribution in [0.15, 0.2) is 54.7 Å². The number of hydrogen-bond acceptors (Lipinski definition) is 5. The fourth-order valence-electron chi connectivity index (χ4n) is 4.96. The maximum atomic E-state index is 12.4. The van der Waals surface area contributed by atoms with E-state index in [0.29, 0.717) is 19.0 Å². The molecular formula is C28H31ClN4O2. The molecule has 0 saturated carbocycles. The highest BCUT2D eigenvalue weighted by Gasteiger charge is 2.30. The van der Waals surface area contributed by atoms with Crippen molar-refractivity contribution < 1.29 is 9.53 Å². The number of aromatic nitrogens is 2. The Hall–Kier alpha value is -3.12. The molecule has 2 aromatic carbocycles. The number of ether oxygens (including phenoxy) is 1. The minimum atomic E-state index is -0.482. The molecule has 7 heteroatoms. The Labute approximate surface area is 211 Å². The number of amides is 1. The van der Waals surface area contributed by atoms with Crippen molar-refractivity contribution in [1.82, 2.24) is 14.9 Å². The van der Waals surface area contributed by atoms with Crippen molar-refractivity contribution in [3.63, 3.8) is 0 Å². The monoisotopic (exact) mass is 490 g/mol. The smallest absolute Gasteiger partial charge is 0.410 e. The lowest BCUT2D eigenvalue weighted by atomic mass is 9.78. The highest BCUT2D eigenvalue weighted by molar-refractivity contribution is 6.31. The van der Waals surface area contributed by atoms with Gasteiger partial charge in [-0.15, -0.1) is 0 Å². The van der Waals surface area contributed by atoms with Gasteiger partial charge in [-0.1, -0.05) is 54.1 Å². The number of anilines is 1. The Balaban J connectivity index is 1.32. The van der Waals surface area contributed by atoms with Crippen LogP contribution in [0.1, 0.15) is 56.2 Å². The molecule has 0 spiro atoms. The third kappa shape index (κ3) is 5.13. The van der Waals surface area contributed by atoms with E-state index in [2.05, 4.69) is 40.6 Å². The van der Waals surface area contributed by atoms with Gasteiger partial charge in [-0.3, -0.25) is 0 Å². The van der Waals surface area contributed by atoms with Crippen molar-refractivity contribution in [2.45, 2.75) is 57.6 Å². The molecule has 0 bridgehead atoms. The van der Waals surface area contributed by atoms with Crippen molar-refractivity contribution in [3.8, 4) is 11.3 Å². The van der Waals surface area contributed by atoms with E-state index in [1.807, 2.05) is 45.2 Å². The average molecular weight is 491 g/mol. The molecule has 182 valence electrons. The lowest BCUT2D eigenvalue weighted by molar-refractivity contribution is 0.0210. The average Bonchev–Trinajstić information content (AvgIpc) is 2.83. The third-order valence-corrected chi connectivity index (χ3v) is 6.98. The quantitative estimate of drug-likeness (QED) is 0.467. The van der Waals surface area contributed by atoms with E-state index in [9.17, 15) is 4.79 Å². The molecule has 1 aliphatic carbocycles. The Morgan fingerprint density at radius 2 is 1.74 bits per heavy atom. The summed E-state index contributed by atoms with van der Waals surface area (Å²) in [4.78, 5) is 23.7. The number of nitrogens with zero attached hydrogens (tertiary/aromatic N) is 3. The van der Waals surface area contributed by atoms with Gasteiger partial charge in [0.25, 0.3) is 0 Å². The summed E-state index contributed by atoms with van der Waals surface area (Å²) in [5.74, 6) is 0.803. The molecule has 0 radical (unpaired) electrons. The standard InChI is InChI=1S/C28H31ClN4O2/c1-28(2,3)35-27(34)33-14-12-19(13-15-33)31-26-30-17-18-16-23(21-9-6-7-11-24(21)29)20-8-4-5-10-22(20)25(18)32-26/h4-11,17,19,23H,12-16H2,1-3H3,(H,30,31,32). The molecular weight excluding hydrogens is 460 g/mol. The highest BCUT2D eigenvalue weighted by atomic mass is 35.5. The van der Waals surface area contributed by atoms with E-state index in [1.54, 1.807) is 4.90 Å². The Kier molecular flexibility index (Phi) is 6.41. The zero-order chi connectivity index (χ0) is 24.6. The van der Waals surface area contributed by atoms with Gasteiger partial charge in [-0.25, -0.2) is 14.8 Å². The van der Waals surface area contributed by atoms with Crippen LogP contribution in [-0.4, -0.2) is 45.7 Å². The van der Waals surface area contributed by atoms with Crippen molar-refractivity contribution in [2.75, 3.05) is 18.4 Å². The molecule has 35 heavy (non-hydrogen) atoms. The van der Waals surface area contributed by atoms with Gasteiger partial charge < -0.3 is 15.0 Å². The van der Waals surface area contributed by atoms with Crippen LogP contribution in [0.25, 0.3) is 11.3 Å². The maximum Gasteiger partial charge on any atom is 0.410 e. The first kappa shape index (κ1) is 23.6. The molecule has 2 aliphatic rings. The Morgan fingerprint density at radius 1 is 1.06 bits per heavy atom. The van der Waals surface area contributed by atoms with Gasteiger partial charge in [-0.05, 0) is 62.8 Å². The zero-order valence-corrected chi connectivity index (χ0v) is 21.2. The van der Waals surface area contributed by atoms with Gasteiger partial charge in [-0.2, -0.15) is 0 Å². The molecule has 1 N–H and O–H groups in total. The normalized spacial score (nSPS) is 17.9. The number of benzene rings is 2. The molecule has 1 aromatic heterocycles. The minimum absolute atomic E-state index is 0.173. The van der Waals surface area contributed by atoms with Gasteiger partial charge in [0.1, 0.15) is 5.60 Å². The summed E-state index contributed by atoms with van der Waals surface area (Å²) in [7, 11) is 0. The van der Waals surface area contributed by atoms with Crippen molar-refractivity contribution in [3.05, 3.63) is 76.4 Å². The number of halogens is 1. The highest BCUT2D eigenvalue weighted by Crippen LogP contribution is 2.43. The van der Waals surface area contributed by atoms with Crippen LogP contribution in [0.3, 0.4) is 0 Å². The fraction of sp³-hybridized carbons (Fsp3) is 0.393. The summed E-state index contributed by atoms with van der Waals surface area (Å²) in [6.07, 6.45) is 4.16. The largest absolute Gasteiger partial charge is 0.444 e. The number of carbonyl (C=O) groups is 1. The van der Waals surface area contributed by atoms with Gasteiger partial charge >= 0.3 is 6.09 Å². The van der Waals surface area contributed by atoms with Crippen LogP contribution in [0.2, 0.25) is 5.02 Å². The third-order valence-electron chi connectivity index (χ3n) is 6.64. The van der Waals surface area contributed by atoms with E-state index in [4.69, 9.17) is 21.3 Å². The van der Waals surface area contributed by atoms with Gasteiger partial charge in [0.2, 0.25) is 5.95 Å². The van der Waals surface area contributed by atoms with Crippen molar-refractivity contribution >= 4 is 23.6 Å². The van der Waals surface area contributed by atoms with Crippen LogP contribution < -0.4 is 5.32 Å². The fourth-order valence-corrected chi connectivity index (χ4v) is 5.22. The molecule has 1 aliphatic heterocycles. The molecule has 3 aromatic rings. The molecule has 5 rings (SSSR count). The summed E-state index contributed by atoms with van der Waals surface area (Å²) in [6.45, 7) is 6.98. The number of nitrogens with one attached hydrogen (secondary N) is 1. The van der Waals surface area contributed by atoms with E-state index in [1.165, 1.54) is 5.56 Å². The van der Waals surface area contributed by atoms with E-state index in [0.717, 1.165) is 46.7 Å². The molecule has 2 heterocycles. The molecule has 1 saturated heterocycles. The summed E-state index contributed by atoms with van der Waals surface area (Å²) >= 11 is 6.57. The lowest BCUT2D eigenvalue weighted by Gasteiger charge is -2.34. The SMILES string of the molecule is CC(C)(C)OC(=O)N1CCC(Nc2ncc3c(n2)-c2ccccc2C(c2ccccc2Cl)C3)CC1. The Bertz CT molecular complexity index is 1230. The number of carbonyl (C=O) groups excluding carboxylic acids is 1. The number of fused-ring (bicyclic) bond motifs is 3.